The van der Waals surface area contributed by atoms with E-state index >= 15 is 0 Å². The molecule has 8 heteroatoms. The summed E-state index contributed by atoms with van der Waals surface area (Å²) < 4.78 is 11.3. The topological polar surface area (TPSA) is 106 Å². The van der Waals surface area contributed by atoms with Crippen molar-refractivity contribution in [3.63, 3.8) is 0 Å². The normalized spacial score (nSPS) is 17.7. The van der Waals surface area contributed by atoms with Gasteiger partial charge in [0.15, 0.2) is 11.5 Å². The molecule has 0 aromatic heterocycles. The van der Waals surface area contributed by atoms with Crippen molar-refractivity contribution in [1.82, 2.24) is 0 Å². The molecule has 2 atom stereocenters. The van der Waals surface area contributed by atoms with E-state index in [1.165, 1.54) is 18.2 Å². The molecule has 2 N–H and O–H groups in total. The van der Waals surface area contributed by atoms with Crippen molar-refractivity contribution in [3.05, 3.63) is 59.7 Å². The summed E-state index contributed by atoms with van der Waals surface area (Å²) in [4.78, 5) is 28.8. The molecule has 31 heavy (non-hydrogen) atoms. The Bertz CT molecular complexity index is 1030. The molecule has 0 spiro atoms. The number of benzene rings is 2. The van der Waals surface area contributed by atoms with Crippen LogP contribution in [0.3, 0.4) is 0 Å². The maximum absolute atomic E-state index is 12.3. The highest BCUT2D eigenvalue weighted by Gasteiger charge is 2.28. The third kappa shape index (κ3) is 5.42. The van der Waals surface area contributed by atoms with Gasteiger partial charge in [-0.3, -0.25) is 4.79 Å². The number of amides is 1. The highest BCUT2D eigenvalue weighted by atomic mass is 16.6. The molecule has 0 bridgehead atoms. The van der Waals surface area contributed by atoms with Crippen LogP contribution in [0, 0.1) is 5.92 Å². The van der Waals surface area contributed by atoms with Gasteiger partial charge in [-0.15, -0.1) is 0 Å². The lowest BCUT2D eigenvalue weighted by atomic mass is 10.0. The van der Waals surface area contributed by atoms with Gasteiger partial charge in [0.25, 0.3) is 0 Å². The van der Waals surface area contributed by atoms with Gasteiger partial charge in [-0.2, -0.15) is 0 Å². The van der Waals surface area contributed by atoms with E-state index in [0.717, 1.165) is 11.3 Å². The van der Waals surface area contributed by atoms with Crippen LogP contribution in [0.1, 0.15) is 29.8 Å². The van der Waals surface area contributed by atoms with Crippen LogP contribution in [0.4, 0.5) is 5.69 Å². The van der Waals surface area contributed by atoms with Crippen molar-refractivity contribution >= 4 is 29.4 Å². The number of ether oxygens (including phenoxy) is 2. The zero-order valence-electron chi connectivity index (χ0n) is 17.5. The molecule has 162 valence electrons. The largest absolute Gasteiger partial charge is 0.493 e. The van der Waals surface area contributed by atoms with Gasteiger partial charge in [0, 0.05) is 6.08 Å². The Kier molecular flexibility index (Phi) is 6.92. The van der Waals surface area contributed by atoms with Gasteiger partial charge in [-0.05, 0) is 49.8 Å². The fourth-order valence-corrected chi connectivity index (χ4v) is 3.12. The molecule has 3 rings (SSSR count). The molecular formula is C23H24N2O6. The number of hydrogen-bond donors (Lipinski definition) is 2. The molecule has 0 saturated carbocycles. The Morgan fingerprint density at radius 2 is 2.00 bits per heavy atom. The lowest BCUT2D eigenvalue weighted by Gasteiger charge is -2.17. The molecule has 1 aliphatic heterocycles. The Labute approximate surface area is 180 Å². The molecular weight excluding hydrogens is 400 g/mol. The Hall–Kier alpha value is -3.81. The minimum atomic E-state index is -1.11. The van der Waals surface area contributed by atoms with Crippen LogP contribution in [-0.2, 0) is 9.63 Å². The number of para-hydroxylation sites is 1. The second kappa shape index (κ2) is 9.80. The van der Waals surface area contributed by atoms with E-state index in [9.17, 15) is 14.7 Å². The second-order valence-corrected chi connectivity index (χ2v) is 7.04. The molecule has 0 radical (unpaired) electrons. The molecule has 0 saturated heterocycles. The first kappa shape index (κ1) is 21.9. The summed E-state index contributed by atoms with van der Waals surface area (Å²) in [5, 5.41) is 15.8. The fourth-order valence-electron chi connectivity index (χ4n) is 3.12. The summed E-state index contributed by atoms with van der Waals surface area (Å²) in [6.45, 7) is 4.22. The number of hydrogen-bond acceptors (Lipinski definition) is 6. The molecule has 2 aromatic rings. The van der Waals surface area contributed by atoms with Crippen molar-refractivity contribution in [2.24, 2.45) is 11.1 Å². The Balaban J connectivity index is 1.69. The maximum Gasteiger partial charge on any atom is 0.337 e. The number of aromatic carboxylic acids is 1. The number of oxime groups is 1. The summed E-state index contributed by atoms with van der Waals surface area (Å²) in [6, 6.07) is 11.5. The van der Waals surface area contributed by atoms with Crippen molar-refractivity contribution in [2.45, 2.75) is 20.0 Å². The lowest BCUT2D eigenvalue weighted by molar-refractivity contribution is -0.111. The van der Waals surface area contributed by atoms with Gasteiger partial charge < -0.3 is 24.7 Å². The smallest absolute Gasteiger partial charge is 0.337 e. The molecule has 1 amide bonds. The van der Waals surface area contributed by atoms with Gasteiger partial charge >= 0.3 is 5.97 Å². The van der Waals surface area contributed by atoms with Crippen LogP contribution in [0.5, 0.6) is 11.5 Å². The maximum atomic E-state index is 12.3. The molecule has 2 aromatic carbocycles. The van der Waals surface area contributed by atoms with Crippen LogP contribution in [0.25, 0.3) is 6.08 Å². The number of carboxylic acid groups (broad SMARTS) is 1. The minimum absolute atomic E-state index is 0.0216. The van der Waals surface area contributed by atoms with Crippen LogP contribution >= 0.6 is 0 Å². The number of rotatable bonds is 8. The number of carboxylic acids is 1. The fraction of sp³-hybridized carbons (Fsp3) is 0.261. The first-order chi connectivity index (χ1) is 14.9. The second-order valence-electron chi connectivity index (χ2n) is 7.04. The first-order valence-corrected chi connectivity index (χ1v) is 9.71. The Morgan fingerprint density at radius 1 is 1.23 bits per heavy atom. The van der Waals surface area contributed by atoms with Gasteiger partial charge in [0.1, 0.15) is 12.7 Å². The SMILES string of the molecule is COc1ccc(/C=C/C(=O)Nc2ccccc2C(=O)O)cc1OCC1C(C)=NOC1C. The molecule has 2 unspecified atom stereocenters. The number of anilines is 1. The van der Waals surface area contributed by atoms with E-state index in [1.807, 2.05) is 13.8 Å². The molecule has 1 heterocycles. The molecule has 0 aliphatic carbocycles. The average molecular weight is 424 g/mol. The summed E-state index contributed by atoms with van der Waals surface area (Å²) in [6.07, 6.45) is 2.87. The number of carbonyl (C=O) groups excluding carboxylic acids is 1. The lowest BCUT2D eigenvalue weighted by Crippen LogP contribution is -2.25. The average Bonchev–Trinajstić information content (AvgIpc) is 3.08. The van der Waals surface area contributed by atoms with Crippen molar-refractivity contribution in [2.75, 3.05) is 19.0 Å². The van der Waals surface area contributed by atoms with E-state index in [0.29, 0.717) is 18.1 Å². The number of nitrogens with one attached hydrogen (secondary N) is 1. The number of nitrogens with zero attached hydrogens (tertiary/aromatic N) is 1. The standard InChI is InChI=1S/C23H24N2O6/c1-14-18(15(2)31-25-14)13-30-21-12-16(8-10-20(21)29-3)9-11-22(26)24-19-7-5-4-6-17(19)23(27)28/h4-12,15,18H,13H2,1-3H3,(H,24,26)(H,27,28)/b11-9+. The van der Waals surface area contributed by atoms with Gasteiger partial charge in [-0.1, -0.05) is 23.4 Å². The molecule has 1 aliphatic rings. The van der Waals surface area contributed by atoms with E-state index in [2.05, 4.69) is 10.5 Å². The van der Waals surface area contributed by atoms with E-state index in [-0.39, 0.29) is 23.3 Å². The molecule has 8 nitrogen and oxygen atoms in total. The quantitative estimate of drug-likeness (QED) is 0.624. The zero-order chi connectivity index (χ0) is 22.4. The first-order valence-electron chi connectivity index (χ1n) is 9.71. The zero-order valence-corrected chi connectivity index (χ0v) is 17.5. The predicted octanol–water partition coefficient (Wildman–Crippen LogP) is 3.83. The third-order valence-corrected chi connectivity index (χ3v) is 4.91. The summed E-state index contributed by atoms with van der Waals surface area (Å²) in [5.41, 5.74) is 1.85. The summed E-state index contributed by atoms with van der Waals surface area (Å²) in [5.74, 6) is -0.412. The van der Waals surface area contributed by atoms with Crippen molar-refractivity contribution in [1.29, 1.82) is 0 Å². The van der Waals surface area contributed by atoms with E-state index in [1.54, 1.807) is 43.5 Å². The summed E-state index contributed by atoms with van der Waals surface area (Å²) in [7, 11) is 1.55. The molecule has 0 fully saturated rings. The van der Waals surface area contributed by atoms with Crippen LogP contribution < -0.4 is 14.8 Å². The third-order valence-electron chi connectivity index (χ3n) is 4.91. The van der Waals surface area contributed by atoms with Gasteiger partial charge in [0.2, 0.25) is 5.91 Å². The summed E-state index contributed by atoms with van der Waals surface area (Å²) >= 11 is 0. The highest BCUT2D eigenvalue weighted by molar-refractivity contribution is 6.06. The van der Waals surface area contributed by atoms with Crippen LogP contribution in [-0.4, -0.2) is 42.5 Å². The number of carbonyl (C=O) groups is 2. The van der Waals surface area contributed by atoms with E-state index < -0.39 is 11.9 Å². The van der Waals surface area contributed by atoms with Crippen molar-refractivity contribution < 1.29 is 29.0 Å². The van der Waals surface area contributed by atoms with Crippen LogP contribution in [0.2, 0.25) is 0 Å². The van der Waals surface area contributed by atoms with E-state index in [4.69, 9.17) is 14.3 Å². The minimum Gasteiger partial charge on any atom is -0.493 e. The van der Waals surface area contributed by atoms with Gasteiger partial charge in [-0.25, -0.2) is 4.79 Å². The van der Waals surface area contributed by atoms with Crippen molar-refractivity contribution in [3.8, 4) is 11.5 Å². The highest BCUT2D eigenvalue weighted by Crippen LogP contribution is 2.30. The Morgan fingerprint density at radius 3 is 2.68 bits per heavy atom. The van der Waals surface area contributed by atoms with Gasteiger partial charge in [0.05, 0.1) is 30.0 Å². The predicted molar refractivity (Wildman–Crippen MR) is 117 cm³/mol. The van der Waals surface area contributed by atoms with Crippen LogP contribution in [0.15, 0.2) is 53.7 Å². The monoisotopic (exact) mass is 424 g/mol. The number of methoxy groups -OCH3 is 1.